The van der Waals surface area contributed by atoms with Crippen molar-refractivity contribution < 1.29 is 19.4 Å². The smallest absolute Gasteiger partial charge is 0.303 e. The van der Waals surface area contributed by atoms with E-state index in [1.807, 2.05) is 39.0 Å². The van der Waals surface area contributed by atoms with Crippen LogP contribution in [0.25, 0.3) is 0 Å². The summed E-state index contributed by atoms with van der Waals surface area (Å²) in [6, 6.07) is 5.58. The Bertz CT molecular complexity index is 485. The van der Waals surface area contributed by atoms with Gasteiger partial charge in [-0.05, 0) is 26.8 Å². The summed E-state index contributed by atoms with van der Waals surface area (Å²) in [5.74, 6) is -0.508. The first kappa shape index (κ1) is 16.0. The van der Waals surface area contributed by atoms with Crippen LogP contribution in [0.5, 0.6) is 5.75 Å². The van der Waals surface area contributed by atoms with E-state index in [1.54, 1.807) is 0 Å². The molecule has 0 saturated heterocycles. The van der Waals surface area contributed by atoms with E-state index in [0.717, 1.165) is 16.9 Å². The number of hydrogen-bond acceptors (Lipinski definition) is 3. The molecule has 0 bridgehead atoms. The largest absolute Gasteiger partial charge is 0.494 e. The van der Waals surface area contributed by atoms with Gasteiger partial charge in [0.2, 0.25) is 5.91 Å². The van der Waals surface area contributed by atoms with Crippen LogP contribution in [0.1, 0.15) is 43.9 Å². The SMILES string of the molecule is CCOc1ccc(C)cc1C(C)NC(=O)CCC(=O)O. The van der Waals surface area contributed by atoms with E-state index < -0.39 is 5.97 Å². The summed E-state index contributed by atoms with van der Waals surface area (Å²) in [7, 11) is 0. The molecule has 0 fully saturated rings. The first-order valence-corrected chi connectivity index (χ1v) is 6.68. The number of carbonyl (C=O) groups is 2. The molecule has 0 radical (unpaired) electrons. The van der Waals surface area contributed by atoms with Gasteiger partial charge in [0.1, 0.15) is 5.75 Å². The molecule has 0 aliphatic rings. The minimum Gasteiger partial charge on any atom is -0.494 e. The summed E-state index contributed by atoms with van der Waals surface area (Å²) in [4.78, 5) is 22.1. The number of carbonyl (C=O) groups excluding carboxylic acids is 1. The van der Waals surface area contributed by atoms with E-state index in [9.17, 15) is 9.59 Å². The van der Waals surface area contributed by atoms with Gasteiger partial charge in [0.25, 0.3) is 0 Å². The lowest BCUT2D eigenvalue weighted by Crippen LogP contribution is -2.27. The van der Waals surface area contributed by atoms with E-state index in [-0.39, 0.29) is 24.8 Å². The van der Waals surface area contributed by atoms with Crippen LogP contribution >= 0.6 is 0 Å². The Kier molecular flexibility index (Phi) is 6.03. The molecule has 0 aromatic heterocycles. The number of ether oxygens (including phenoxy) is 1. The number of aryl methyl sites for hydroxylation is 1. The van der Waals surface area contributed by atoms with Gasteiger partial charge in [-0.2, -0.15) is 0 Å². The molecule has 20 heavy (non-hydrogen) atoms. The van der Waals surface area contributed by atoms with Crippen LogP contribution in [-0.2, 0) is 9.59 Å². The number of carboxylic acid groups (broad SMARTS) is 1. The van der Waals surface area contributed by atoms with Crippen molar-refractivity contribution in [2.24, 2.45) is 0 Å². The molecule has 0 saturated carbocycles. The maximum Gasteiger partial charge on any atom is 0.303 e. The quantitative estimate of drug-likeness (QED) is 0.803. The fraction of sp³-hybridized carbons (Fsp3) is 0.467. The van der Waals surface area contributed by atoms with Crippen molar-refractivity contribution in [3.05, 3.63) is 29.3 Å². The summed E-state index contributed by atoms with van der Waals surface area (Å²) >= 11 is 0. The Balaban J connectivity index is 2.75. The minimum absolute atomic E-state index is 0.0184. The second-order valence-corrected chi connectivity index (χ2v) is 4.66. The number of amides is 1. The van der Waals surface area contributed by atoms with E-state index in [0.29, 0.717) is 6.61 Å². The second-order valence-electron chi connectivity index (χ2n) is 4.66. The van der Waals surface area contributed by atoms with Crippen molar-refractivity contribution in [2.75, 3.05) is 6.61 Å². The van der Waals surface area contributed by atoms with Crippen molar-refractivity contribution in [1.82, 2.24) is 5.32 Å². The van der Waals surface area contributed by atoms with Crippen molar-refractivity contribution in [3.63, 3.8) is 0 Å². The van der Waals surface area contributed by atoms with Gasteiger partial charge in [0.05, 0.1) is 19.1 Å². The first-order valence-electron chi connectivity index (χ1n) is 6.68. The van der Waals surface area contributed by atoms with Gasteiger partial charge < -0.3 is 15.2 Å². The van der Waals surface area contributed by atoms with E-state index in [1.165, 1.54) is 0 Å². The highest BCUT2D eigenvalue weighted by molar-refractivity contribution is 5.80. The predicted molar refractivity (Wildman–Crippen MR) is 75.8 cm³/mol. The molecule has 5 heteroatoms. The van der Waals surface area contributed by atoms with Crippen molar-refractivity contribution in [2.45, 2.75) is 39.7 Å². The van der Waals surface area contributed by atoms with E-state index >= 15 is 0 Å². The number of carboxylic acids is 1. The van der Waals surface area contributed by atoms with Crippen LogP contribution in [0.4, 0.5) is 0 Å². The Morgan fingerprint density at radius 1 is 1.35 bits per heavy atom. The third-order valence-electron chi connectivity index (χ3n) is 2.88. The average molecular weight is 279 g/mol. The van der Waals surface area contributed by atoms with Crippen LogP contribution in [0.2, 0.25) is 0 Å². The van der Waals surface area contributed by atoms with Gasteiger partial charge in [-0.3, -0.25) is 9.59 Å². The molecular formula is C15H21NO4. The summed E-state index contributed by atoms with van der Waals surface area (Å²) in [6.07, 6.45) is -0.180. The van der Waals surface area contributed by atoms with Crippen molar-refractivity contribution in [1.29, 1.82) is 0 Å². The molecule has 1 rings (SSSR count). The monoisotopic (exact) mass is 279 g/mol. The zero-order chi connectivity index (χ0) is 15.1. The normalized spacial score (nSPS) is 11.8. The summed E-state index contributed by atoms with van der Waals surface area (Å²) < 4.78 is 5.55. The topological polar surface area (TPSA) is 75.6 Å². The molecule has 110 valence electrons. The van der Waals surface area contributed by atoms with Crippen LogP contribution in [-0.4, -0.2) is 23.6 Å². The molecule has 1 aromatic carbocycles. The number of aliphatic carboxylic acids is 1. The zero-order valence-corrected chi connectivity index (χ0v) is 12.1. The molecule has 0 spiro atoms. The van der Waals surface area contributed by atoms with Crippen molar-refractivity contribution in [3.8, 4) is 5.75 Å². The van der Waals surface area contributed by atoms with Gasteiger partial charge in [0, 0.05) is 12.0 Å². The number of nitrogens with one attached hydrogen (secondary N) is 1. The molecule has 0 heterocycles. The lowest BCUT2D eigenvalue weighted by atomic mass is 10.0. The fourth-order valence-electron chi connectivity index (χ4n) is 1.91. The van der Waals surface area contributed by atoms with E-state index in [4.69, 9.17) is 9.84 Å². The second kappa shape index (κ2) is 7.53. The summed E-state index contributed by atoms with van der Waals surface area (Å²) in [5, 5.41) is 11.4. The van der Waals surface area contributed by atoms with Gasteiger partial charge in [-0.15, -0.1) is 0 Å². The van der Waals surface area contributed by atoms with Crippen LogP contribution < -0.4 is 10.1 Å². The van der Waals surface area contributed by atoms with Crippen molar-refractivity contribution >= 4 is 11.9 Å². The Morgan fingerprint density at radius 2 is 2.05 bits per heavy atom. The number of rotatable bonds is 7. The average Bonchev–Trinajstić information content (AvgIpc) is 2.38. The highest BCUT2D eigenvalue weighted by Crippen LogP contribution is 2.26. The summed E-state index contributed by atoms with van der Waals surface area (Å²) in [5.41, 5.74) is 1.98. The molecule has 0 aliphatic carbocycles. The maximum absolute atomic E-state index is 11.7. The predicted octanol–water partition coefficient (Wildman–Crippen LogP) is 2.44. The number of benzene rings is 1. The lowest BCUT2D eigenvalue weighted by Gasteiger charge is -2.18. The molecule has 2 N–H and O–H groups in total. The van der Waals surface area contributed by atoms with Crippen LogP contribution in [0, 0.1) is 6.92 Å². The minimum atomic E-state index is -0.974. The van der Waals surface area contributed by atoms with Gasteiger partial charge in [-0.25, -0.2) is 0 Å². The Hall–Kier alpha value is -2.04. The Labute approximate surface area is 118 Å². The fourth-order valence-corrected chi connectivity index (χ4v) is 1.91. The van der Waals surface area contributed by atoms with Crippen LogP contribution in [0.15, 0.2) is 18.2 Å². The number of hydrogen-bond donors (Lipinski definition) is 2. The third kappa shape index (κ3) is 4.91. The van der Waals surface area contributed by atoms with E-state index in [2.05, 4.69) is 5.32 Å². The van der Waals surface area contributed by atoms with Gasteiger partial charge in [-0.1, -0.05) is 17.7 Å². The third-order valence-corrected chi connectivity index (χ3v) is 2.88. The highest BCUT2D eigenvalue weighted by atomic mass is 16.5. The molecule has 0 aliphatic heterocycles. The molecule has 5 nitrogen and oxygen atoms in total. The molecule has 1 unspecified atom stereocenters. The molecule has 1 atom stereocenters. The summed E-state index contributed by atoms with van der Waals surface area (Å²) in [6.45, 7) is 6.28. The molecule has 1 amide bonds. The van der Waals surface area contributed by atoms with Crippen LogP contribution in [0.3, 0.4) is 0 Å². The van der Waals surface area contributed by atoms with Gasteiger partial charge in [0.15, 0.2) is 0 Å². The highest BCUT2D eigenvalue weighted by Gasteiger charge is 2.15. The van der Waals surface area contributed by atoms with Gasteiger partial charge >= 0.3 is 5.97 Å². The molecular weight excluding hydrogens is 258 g/mol. The lowest BCUT2D eigenvalue weighted by molar-refractivity contribution is -0.138. The zero-order valence-electron chi connectivity index (χ0n) is 12.1. The Morgan fingerprint density at radius 3 is 2.65 bits per heavy atom. The maximum atomic E-state index is 11.7. The molecule has 1 aromatic rings. The standard InChI is InChI=1S/C15H21NO4/c1-4-20-13-6-5-10(2)9-12(13)11(3)16-14(17)7-8-15(18)19/h5-6,9,11H,4,7-8H2,1-3H3,(H,16,17)(H,18,19). The first-order chi connectivity index (χ1) is 9.43.